The van der Waals surface area contributed by atoms with E-state index in [1.807, 2.05) is 0 Å². The Bertz CT molecular complexity index is 353. The van der Waals surface area contributed by atoms with Crippen molar-refractivity contribution in [2.75, 3.05) is 0 Å². The van der Waals surface area contributed by atoms with E-state index in [2.05, 4.69) is 0 Å². The summed E-state index contributed by atoms with van der Waals surface area (Å²) in [5, 5.41) is 9.10. The average molecular weight is 274 g/mol. The Morgan fingerprint density at radius 3 is 2.00 bits per heavy atom. The van der Waals surface area contributed by atoms with Crippen molar-refractivity contribution in [1.29, 1.82) is 0 Å². The topological polar surface area (TPSA) is 20.2 Å². The van der Waals surface area contributed by atoms with Crippen molar-refractivity contribution in [2.24, 2.45) is 11.8 Å². The molecule has 18 heavy (non-hydrogen) atoms. The van der Waals surface area contributed by atoms with E-state index >= 15 is 0 Å². The molecule has 0 aromatic rings. The molecule has 1 nitrogen and oxygen atoms in total. The van der Waals surface area contributed by atoms with Crippen LogP contribution in [-0.2, 0) is 0 Å². The summed E-state index contributed by atoms with van der Waals surface area (Å²) < 4.78 is 75.0. The lowest BCUT2D eigenvalue weighted by Gasteiger charge is -2.35. The van der Waals surface area contributed by atoms with Crippen LogP contribution in [0.5, 0.6) is 0 Å². The van der Waals surface area contributed by atoms with Gasteiger partial charge in [0, 0.05) is 6.42 Å². The van der Waals surface area contributed by atoms with Crippen LogP contribution in [0, 0.1) is 11.8 Å². The van der Waals surface area contributed by atoms with Crippen LogP contribution in [0.3, 0.4) is 0 Å². The van der Waals surface area contributed by atoms with Crippen molar-refractivity contribution >= 4 is 0 Å². The van der Waals surface area contributed by atoms with Gasteiger partial charge in [-0.2, -0.15) is 26.3 Å². The SMILES string of the molecule is OC(CC1CC2CC=C1C2)(C(F)(F)F)C(F)(F)F. The fourth-order valence-corrected chi connectivity index (χ4v) is 2.85. The molecule has 2 aliphatic carbocycles. The summed E-state index contributed by atoms with van der Waals surface area (Å²) >= 11 is 0. The molecule has 2 aliphatic rings. The molecule has 1 N–H and O–H groups in total. The number of halogens is 6. The Balaban J connectivity index is 2.22. The molecule has 0 heterocycles. The Morgan fingerprint density at radius 1 is 1.11 bits per heavy atom. The number of alkyl halides is 6. The average Bonchev–Trinajstić information content (AvgIpc) is 2.75. The lowest BCUT2D eigenvalue weighted by molar-refractivity contribution is -0.372. The van der Waals surface area contributed by atoms with E-state index < -0.39 is 30.3 Å². The van der Waals surface area contributed by atoms with Gasteiger partial charge in [-0.3, -0.25) is 0 Å². The zero-order chi connectivity index (χ0) is 13.8. The molecule has 0 spiro atoms. The third-order valence-corrected chi connectivity index (χ3v) is 3.86. The molecule has 0 aromatic carbocycles. The zero-order valence-electron chi connectivity index (χ0n) is 9.28. The number of fused-ring (bicyclic) bond motifs is 2. The maximum absolute atomic E-state index is 12.5. The second-order valence-corrected chi connectivity index (χ2v) is 5.08. The predicted molar refractivity (Wildman–Crippen MR) is 50.6 cm³/mol. The number of hydrogen-bond acceptors (Lipinski definition) is 1. The zero-order valence-corrected chi connectivity index (χ0v) is 9.28. The minimum atomic E-state index is -5.70. The van der Waals surface area contributed by atoms with E-state index in [4.69, 9.17) is 5.11 Å². The predicted octanol–water partition coefficient (Wildman–Crippen LogP) is 3.59. The van der Waals surface area contributed by atoms with Gasteiger partial charge < -0.3 is 5.11 Å². The molecule has 104 valence electrons. The molecule has 0 radical (unpaired) electrons. The summed E-state index contributed by atoms with van der Waals surface area (Å²) in [6.07, 6.45) is -9.42. The number of allylic oxidation sites excluding steroid dienone is 2. The third kappa shape index (κ3) is 2.02. The summed E-state index contributed by atoms with van der Waals surface area (Å²) in [7, 11) is 0. The molecular formula is C11H12F6O. The van der Waals surface area contributed by atoms with Gasteiger partial charge in [-0.25, -0.2) is 0 Å². The highest BCUT2D eigenvalue weighted by Gasteiger charge is 2.70. The molecular weight excluding hydrogens is 262 g/mol. The lowest BCUT2D eigenvalue weighted by atomic mass is 9.83. The molecule has 1 saturated carbocycles. The fraction of sp³-hybridized carbons (Fsp3) is 0.818. The first-order valence-electron chi connectivity index (χ1n) is 5.59. The molecule has 7 heteroatoms. The quantitative estimate of drug-likeness (QED) is 0.602. The lowest BCUT2D eigenvalue weighted by Crippen LogP contribution is -2.57. The van der Waals surface area contributed by atoms with Gasteiger partial charge in [0.1, 0.15) is 0 Å². The van der Waals surface area contributed by atoms with Gasteiger partial charge in [-0.1, -0.05) is 11.6 Å². The summed E-state index contributed by atoms with van der Waals surface area (Å²) in [5.41, 5.74) is -3.97. The van der Waals surface area contributed by atoms with Crippen molar-refractivity contribution < 1.29 is 31.4 Å². The van der Waals surface area contributed by atoms with E-state index in [9.17, 15) is 26.3 Å². The molecule has 2 bridgehead atoms. The van der Waals surface area contributed by atoms with Crippen molar-refractivity contribution in [3.63, 3.8) is 0 Å². The number of hydrogen-bond donors (Lipinski definition) is 1. The van der Waals surface area contributed by atoms with Gasteiger partial charge >= 0.3 is 12.4 Å². The number of rotatable bonds is 2. The highest BCUT2D eigenvalue weighted by molar-refractivity contribution is 5.21. The molecule has 1 fully saturated rings. The van der Waals surface area contributed by atoms with Crippen LogP contribution in [0.2, 0.25) is 0 Å². The Hall–Kier alpha value is -0.720. The molecule has 2 rings (SSSR count). The molecule has 0 saturated heterocycles. The maximum Gasteiger partial charge on any atom is 0.426 e. The van der Waals surface area contributed by atoms with Crippen molar-refractivity contribution in [2.45, 2.75) is 43.6 Å². The van der Waals surface area contributed by atoms with Gasteiger partial charge in [-0.05, 0) is 31.1 Å². The normalized spacial score (nSPS) is 28.7. The van der Waals surface area contributed by atoms with Gasteiger partial charge in [0.25, 0.3) is 5.60 Å². The second-order valence-electron chi connectivity index (χ2n) is 5.08. The van der Waals surface area contributed by atoms with Gasteiger partial charge in [0.05, 0.1) is 0 Å². The monoisotopic (exact) mass is 274 g/mol. The summed E-state index contributed by atoms with van der Waals surface area (Å²) in [5.74, 6) is -0.660. The first-order chi connectivity index (χ1) is 8.04. The number of aliphatic hydroxyl groups is 1. The summed E-state index contributed by atoms with van der Waals surface area (Å²) in [6.45, 7) is 0. The largest absolute Gasteiger partial charge is 0.426 e. The first kappa shape index (κ1) is 13.7. The standard InChI is InChI=1S/C11H12F6O/c12-10(13,14)9(18,11(15,16)17)5-8-4-6-1-2-7(8)3-6/h2,6,8,18H,1,3-5H2. The maximum atomic E-state index is 12.5. The van der Waals surface area contributed by atoms with Crippen molar-refractivity contribution in [1.82, 2.24) is 0 Å². The highest BCUT2D eigenvalue weighted by Crippen LogP contribution is 2.53. The van der Waals surface area contributed by atoms with E-state index in [1.165, 1.54) is 0 Å². The fourth-order valence-electron chi connectivity index (χ4n) is 2.85. The molecule has 0 aromatic heterocycles. The second kappa shape index (κ2) is 3.88. The van der Waals surface area contributed by atoms with E-state index in [0.717, 1.165) is 6.42 Å². The minimum Gasteiger partial charge on any atom is -0.374 e. The summed E-state index contributed by atoms with van der Waals surface area (Å²) in [4.78, 5) is 0. The molecule has 0 amide bonds. The highest BCUT2D eigenvalue weighted by atomic mass is 19.4. The van der Waals surface area contributed by atoms with Crippen LogP contribution in [0.4, 0.5) is 26.3 Å². The van der Waals surface area contributed by atoms with Gasteiger partial charge in [-0.15, -0.1) is 0 Å². The molecule has 2 atom stereocenters. The van der Waals surface area contributed by atoms with E-state index in [0.29, 0.717) is 18.4 Å². The molecule has 0 aliphatic heterocycles. The Labute approximate surface area is 99.5 Å². The van der Waals surface area contributed by atoms with Crippen LogP contribution >= 0.6 is 0 Å². The molecule has 2 unspecified atom stereocenters. The minimum absolute atomic E-state index is 0.149. The smallest absolute Gasteiger partial charge is 0.374 e. The van der Waals surface area contributed by atoms with Crippen LogP contribution in [0.25, 0.3) is 0 Å². The van der Waals surface area contributed by atoms with Gasteiger partial charge in [0.15, 0.2) is 0 Å². The van der Waals surface area contributed by atoms with Crippen LogP contribution in [0.15, 0.2) is 11.6 Å². The van der Waals surface area contributed by atoms with Crippen molar-refractivity contribution in [3.05, 3.63) is 11.6 Å². The summed E-state index contributed by atoms with van der Waals surface area (Å²) in [6, 6.07) is 0. The van der Waals surface area contributed by atoms with Crippen LogP contribution < -0.4 is 0 Å². The third-order valence-electron chi connectivity index (χ3n) is 3.86. The Kier molecular flexibility index (Phi) is 2.96. The first-order valence-corrected chi connectivity index (χ1v) is 5.59. The van der Waals surface area contributed by atoms with Crippen LogP contribution in [0.1, 0.15) is 25.7 Å². The van der Waals surface area contributed by atoms with Crippen molar-refractivity contribution in [3.8, 4) is 0 Å². The van der Waals surface area contributed by atoms with Crippen LogP contribution in [-0.4, -0.2) is 23.1 Å². The van der Waals surface area contributed by atoms with E-state index in [1.54, 1.807) is 6.08 Å². The Morgan fingerprint density at radius 2 is 1.67 bits per heavy atom. The van der Waals surface area contributed by atoms with E-state index in [-0.39, 0.29) is 5.92 Å². The van der Waals surface area contributed by atoms with Gasteiger partial charge in [0.2, 0.25) is 0 Å².